The lowest BCUT2D eigenvalue weighted by molar-refractivity contribution is -0.135. The van der Waals surface area contributed by atoms with Crippen molar-refractivity contribution in [1.82, 2.24) is 10.2 Å². The molecule has 1 heterocycles. The summed E-state index contributed by atoms with van der Waals surface area (Å²) in [7, 11) is -3.63. The Morgan fingerprint density at radius 3 is 2.36 bits per heavy atom. The monoisotopic (exact) mass is 376 g/mol. The van der Waals surface area contributed by atoms with Crippen LogP contribution in [-0.2, 0) is 23.8 Å². The van der Waals surface area contributed by atoms with Gasteiger partial charge in [0.2, 0.25) is 5.91 Å². The molecule has 0 aromatic heterocycles. The Labute approximate surface area is 149 Å². The van der Waals surface area contributed by atoms with Gasteiger partial charge in [-0.25, -0.2) is 4.79 Å². The van der Waals surface area contributed by atoms with E-state index in [1.165, 1.54) is 4.90 Å². The zero-order chi connectivity index (χ0) is 19.4. The van der Waals surface area contributed by atoms with E-state index in [-0.39, 0.29) is 18.4 Å². The topological polar surface area (TPSA) is 102 Å². The SMILES string of the molecule is CC(C)[C@@H](NC(=O)OC(C)(C)C)C(=O)N1CC=CC(OS(C)(=O)=O)C1. The summed E-state index contributed by atoms with van der Waals surface area (Å²) in [4.78, 5) is 26.2. The van der Waals surface area contributed by atoms with Crippen LogP contribution in [0.1, 0.15) is 34.6 Å². The van der Waals surface area contributed by atoms with E-state index in [0.717, 1.165) is 6.26 Å². The standard InChI is InChI=1S/C16H28N2O6S/c1-11(2)13(17-15(20)23-16(3,4)5)14(19)18-9-7-8-12(10-18)24-25(6,21)22/h7-8,11-13H,9-10H2,1-6H3,(H,17,20)/t12?,13-/m1/s1. The minimum absolute atomic E-state index is 0.0988. The molecule has 1 N–H and O–H groups in total. The number of nitrogens with zero attached hydrogens (tertiary/aromatic N) is 1. The van der Waals surface area contributed by atoms with Gasteiger partial charge in [-0.3, -0.25) is 8.98 Å². The van der Waals surface area contributed by atoms with Crippen molar-refractivity contribution in [3.8, 4) is 0 Å². The Morgan fingerprint density at radius 2 is 1.88 bits per heavy atom. The quantitative estimate of drug-likeness (QED) is 0.573. The third-order valence-corrected chi connectivity index (χ3v) is 3.89. The minimum Gasteiger partial charge on any atom is -0.444 e. The van der Waals surface area contributed by atoms with E-state index >= 15 is 0 Å². The predicted octanol–water partition coefficient (Wildman–Crippen LogP) is 1.28. The van der Waals surface area contributed by atoms with E-state index in [1.807, 2.05) is 13.8 Å². The van der Waals surface area contributed by atoms with Gasteiger partial charge < -0.3 is 15.0 Å². The van der Waals surface area contributed by atoms with Gasteiger partial charge >= 0.3 is 6.09 Å². The second-order valence-electron chi connectivity index (χ2n) is 7.38. The van der Waals surface area contributed by atoms with Gasteiger partial charge in [-0.05, 0) is 26.7 Å². The molecule has 1 aliphatic heterocycles. The third kappa shape index (κ3) is 7.87. The van der Waals surface area contributed by atoms with Gasteiger partial charge in [0.05, 0.1) is 12.8 Å². The van der Waals surface area contributed by atoms with Crippen molar-refractivity contribution < 1.29 is 26.9 Å². The third-order valence-electron chi connectivity index (χ3n) is 3.29. The average Bonchev–Trinajstić information content (AvgIpc) is 2.40. The van der Waals surface area contributed by atoms with Crippen molar-refractivity contribution in [3.63, 3.8) is 0 Å². The van der Waals surface area contributed by atoms with Gasteiger partial charge in [0.1, 0.15) is 17.7 Å². The van der Waals surface area contributed by atoms with E-state index in [9.17, 15) is 18.0 Å². The summed E-state index contributed by atoms with van der Waals surface area (Å²) < 4.78 is 32.7. The molecule has 0 aromatic carbocycles. The number of hydrogen-bond donors (Lipinski definition) is 1. The molecule has 1 aliphatic rings. The number of amides is 2. The lowest BCUT2D eigenvalue weighted by Gasteiger charge is -2.33. The van der Waals surface area contributed by atoms with Gasteiger partial charge in [-0.1, -0.05) is 26.0 Å². The first-order valence-electron chi connectivity index (χ1n) is 8.12. The Morgan fingerprint density at radius 1 is 1.28 bits per heavy atom. The molecule has 8 nitrogen and oxygen atoms in total. The summed E-state index contributed by atoms with van der Waals surface area (Å²) in [6, 6.07) is -0.778. The summed E-state index contributed by atoms with van der Waals surface area (Å²) in [6.45, 7) is 9.25. The van der Waals surface area contributed by atoms with Gasteiger partial charge in [-0.2, -0.15) is 8.42 Å². The summed E-state index contributed by atoms with van der Waals surface area (Å²) >= 11 is 0. The Balaban J connectivity index is 2.79. The van der Waals surface area contributed by atoms with Gasteiger partial charge in [0, 0.05) is 6.54 Å². The van der Waals surface area contributed by atoms with E-state index in [1.54, 1.807) is 32.9 Å². The van der Waals surface area contributed by atoms with E-state index in [4.69, 9.17) is 8.92 Å². The van der Waals surface area contributed by atoms with E-state index < -0.39 is 34.0 Å². The molecular formula is C16H28N2O6S. The number of alkyl carbamates (subject to hydrolysis) is 1. The van der Waals surface area contributed by atoms with Crippen molar-refractivity contribution in [1.29, 1.82) is 0 Å². The molecule has 0 aromatic rings. The lowest BCUT2D eigenvalue weighted by atomic mass is 10.0. The molecule has 9 heteroatoms. The molecule has 0 aliphatic carbocycles. The molecule has 1 rings (SSSR count). The molecule has 0 radical (unpaired) electrons. The molecule has 0 spiro atoms. The molecule has 144 valence electrons. The van der Waals surface area contributed by atoms with Crippen LogP contribution in [0.5, 0.6) is 0 Å². The fourth-order valence-corrected chi connectivity index (χ4v) is 2.88. The van der Waals surface area contributed by atoms with Crippen LogP contribution in [0.15, 0.2) is 12.2 Å². The molecular weight excluding hydrogens is 348 g/mol. The van der Waals surface area contributed by atoms with Crippen LogP contribution < -0.4 is 5.32 Å². The minimum atomic E-state index is -3.63. The highest BCUT2D eigenvalue weighted by Gasteiger charge is 2.32. The van der Waals surface area contributed by atoms with Crippen molar-refractivity contribution in [2.24, 2.45) is 5.92 Å². The number of ether oxygens (including phenoxy) is 1. The van der Waals surface area contributed by atoms with Gasteiger partial charge in [0.25, 0.3) is 10.1 Å². The van der Waals surface area contributed by atoms with Crippen molar-refractivity contribution in [3.05, 3.63) is 12.2 Å². The van der Waals surface area contributed by atoms with E-state index in [2.05, 4.69) is 5.32 Å². The Hall–Kier alpha value is -1.61. The van der Waals surface area contributed by atoms with Crippen LogP contribution in [-0.4, -0.2) is 62.4 Å². The van der Waals surface area contributed by atoms with Gasteiger partial charge in [0.15, 0.2) is 0 Å². The summed E-state index contributed by atoms with van der Waals surface area (Å²) in [5.41, 5.74) is -0.670. The fourth-order valence-electron chi connectivity index (χ4n) is 2.30. The smallest absolute Gasteiger partial charge is 0.408 e. The highest BCUT2D eigenvalue weighted by Crippen LogP contribution is 2.14. The zero-order valence-corrected chi connectivity index (χ0v) is 16.4. The number of carbonyl (C=O) groups is 2. The zero-order valence-electron chi connectivity index (χ0n) is 15.6. The molecule has 0 fully saturated rings. The first-order chi connectivity index (χ1) is 11.3. The van der Waals surface area contributed by atoms with Crippen LogP contribution in [0, 0.1) is 5.92 Å². The second kappa shape index (κ2) is 8.18. The fraction of sp³-hybridized carbons (Fsp3) is 0.750. The number of rotatable bonds is 5. The normalized spacial score (nSPS) is 19.6. The molecule has 0 saturated carbocycles. The van der Waals surface area contributed by atoms with Gasteiger partial charge in [-0.15, -0.1) is 0 Å². The van der Waals surface area contributed by atoms with Crippen molar-refractivity contribution in [2.75, 3.05) is 19.3 Å². The highest BCUT2D eigenvalue weighted by atomic mass is 32.2. The number of carbonyl (C=O) groups excluding carboxylic acids is 2. The average molecular weight is 376 g/mol. The summed E-state index contributed by atoms with van der Waals surface area (Å²) in [5, 5.41) is 2.60. The van der Waals surface area contributed by atoms with Crippen LogP contribution in [0.25, 0.3) is 0 Å². The Bertz CT molecular complexity index is 621. The summed E-state index contributed by atoms with van der Waals surface area (Å²) in [6.07, 6.45) is 2.83. The molecule has 1 unspecified atom stereocenters. The molecule has 2 atom stereocenters. The molecule has 2 amide bonds. The number of nitrogens with one attached hydrogen (secondary N) is 1. The van der Waals surface area contributed by atoms with Crippen LogP contribution in [0.2, 0.25) is 0 Å². The highest BCUT2D eigenvalue weighted by molar-refractivity contribution is 7.86. The molecule has 25 heavy (non-hydrogen) atoms. The first kappa shape index (κ1) is 21.4. The predicted molar refractivity (Wildman–Crippen MR) is 93.4 cm³/mol. The Kier molecular flexibility index (Phi) is 7.01. The maximum absolute atomic E-state index is 12.8. The second-order valence-corrected chi connectivity index (χ2v) is 8.98. The summed E-state index contributed by atoms with van der Waals surface area (Å²) in [5.74, 6) is -0.479. The molecule has 0 saturated heterocycles. The van der Waals surface area contributed by atoms with Crippen LogP contribution >= 0.6 is 0 Å². The van der Waals surface area contributed by atoms with Crippen molar-refractivity contribution >= 4 is 22.1 Å². The van der Waals surface area contributed by atoms with Crippen LogP contribution in [0.4, 0.5) is 4.79 Å². The maximum atomic E-state index is 12.8. The van der Waals surface area contributed by atoms with Crippen molar-refractivity contribution in [2.45, 2.75) is 52.4 Å². The first-order valence-corrected chi connectivity index (χ1v) is 9.93. The van der Waals surface area contributed by atoms with Crippen LogP contribution in [0.3, 0.4) is 0 Å². The number of hydrogen-bond acceptors (Lipinski definition) is 6. The molecule has 0 bridgehead atoms. The van der Waals surface area contributed by atoms with E-state index in [0.29, 0.717) is 6.54 Å². The lowest BCUT2D eigenvalue weighted by Crippen LogP contribution is -2.54. The largest absolute Gasteiger partial charge is 0.444 e. The maximum Gasteiger partial charge on any atom is 0.408 e.